The molecule has 25 heavy (non-hydrogen) atoms. The van der Waals surface area contributed by atoms with Crippen molar-refractivity contribution in [2.24, 2.45) is 4.99 Å². The molecule has 2 unspecified atom stereocenters. The summed E-state index contributed by atoms with van der Waals surface area (Å²) in [5.41, 5.74) is 5.99. The SMILES string of the molecule is C/C=C(/F)C(CCC)NONC1CN(Cc2ccc(F)c(F)c2)C=N1. The highest BCUT2D eigenvalue weighted by atomic mass is 19.2. The number of halogens is 3. The number of rotatable bonds is 9. The minimum atomic E-state index is -0.871. The van der Waals surface area contributed by atoms with Gasteiger partial charge in [-0.3, -0.25) is 4.99 Å². The third kappa shape index (κ3) is 5.84. The molecule has 0 radical (unpaired) electrons. The molecule has 8 heteroatoms. The topological polar surface area (TPSA) is 48.9 Å². The Balaban J connectivity index is 1.75. The number of hydrogen-bond donors (Lipinski definition) is 2. The zero-order valence-corrected chi connectivity index (χ0v) is 14.3. The number of hydrogen-bond acceptors (Lipinski definition) is 5. The second-order valence-electron chi connectivity index (χ2n) is 5.81. The van der Waals surface area contributed by atoms with Crippen LogP contribution in [0.1, 0.15) is 32.3 Å². The third-order valence-corrected chi connectivity index (χ3v) is 3.77. The summed E-state index contributed by atoms with van der Waals surface area (Å²) in [5.74, 6) is -2.02. The van der Waals surface area contributed by atoms with Crippen molar-refractivity contribution in [2.45, 2.75) is 45.4 Å². The second kappa shape index (κ2) is 9.55. The van der Waals surface area contributed by atoms with E-state index < -0.39 is 17.7 Å². The van der Waals surface area contributed by atoms with Gasteiger partial charge < -0.3 is 4.90 Å². The fraction of sp³-hybridized carbons (Fsp3) is 0.471. The van der Waals surface area contributed by atoms with Crippen LogP contribution in [0.25, 0.3) is 0 Å². The summed E-state index contributed by atoms with van der Waals surface area (Å²) in [7, 11) is 0. The normalized spacial score (nSPS) is 18.8. The van der Waals surface area contributed by atoms with Crippen molar-refractivity contribution >= 4 is 6.34 Å². The Morgan fingerprint density at radius 1 is 1.44 bits per heavy atom. The van der Waals surface area contributed by atoms with Crippen molar-refractivity contribution in [2.75, 3.05) is 6.54 Å². The number of allylic oxidation sites excluding steroid dienone is 1. The molecule has 2 atom stereocenters. The van der Waals surface area contributed by atoms with Gasteiger partial charge in [0.2, 0.25) is 0 Å². The maximum atomic E-state index is 13.6. The molecule has 1 aliphatic rings. The number of nitrogens with one attached hydrogen (secondary N) is 2. The summed E-state index contributed by atoms with van der Waals surface area (Å²) in [4.78, 5) is 11.2. The summed E-state index contributed by atoms with van der Waals surface area (Å²) < 4.78 is 39.8. The van der Waals surface area contributed by atoms with Crippen molar-refractivity contribution in [1.29, 1.82) is 0 Å². The molecule has 0 saturated heterocycles. The molecule has 0 aromatic heterocycles. The number of hydroxylamine groups is 2. The number of benzene rings is 1. The molecule has 0 aliphatic carbocycles. The van der Waals surface area contributed by atoms with Gasteiger partial charge >= 0.3 is 0 Å². The van der Waals surface area contributed by atoms with Gasteiger partial charge in [-0.1, -0.05) is 25.5 Å². The first-order valence-electron chi connectivity index (χ1n) is 8.23. The van der Waals surface area contributed by atoms with E-state index in [1.807, 2.05) is 11.8 Å². The summed E-state index contributed by atoms with van der Waals surface area (Å²) in [5, 5.41) is 0. The first-order valence-corrected chi connectivity index (χ1v) is 8.23. The third-order valence-electron chi connectivity index (χ3n) is 3.77. The zero-order chi connectivity index (χ0) is 18.2. The highest BCUT2D eigenvalue weighted by Crippen LogP contribution is 2.13. The van der Waals surface area contributed by atoms with Gasteiger partial charge in [-0.15, -0.1) is 0 Å². The standard InChI is InChI=1S/C17H23F3N4O/c1-3-5-16(13(18)4-2)22-25-23-17-10-24(11-21-17)9-12-6-7-14(19)15(20)8-12/h4,6-8,11,16-17,22-23H,3,5,9-10H2,1-2H3/b13-4+. The van der Waals surface area contributed by atoms with E-state index in [4.69, 9.17) is 4.94 Å². The van der Waals surface area contributed by atoms with Crippen LogP contribution < -0.4 is 11.0 Å². The second-order valence-corrected chi connectivity index (χ2v) is 5.81. The molecule has 0 bridgehead atoms. The molecular weight excluding hydrogens is 333 g/mol. The van der Waals surface area contributed by atoms with Gasteiger partial charge in [-0.05, 0) is 31.0 Å². The fourth-order valence-corrected chi connectivity index (χ4v) is 2.45. The van der Waals surface area contributed by atoms with E-state index in [0.717, 1.165) is 18.6 Å². The van der Waals surface area contributed by atoms with Crippen LogP contribution in [0.2, 0.25) is 0 Å². The van der Waals surface area contributed by atoms with Crippen molar-refractivity contribution < 1.29 is 18.1 Å². The maximum absolute atomic E-state index is 13.6. The molecule has 0 amide bonds. The Hall–Kier alpha value is -1.90. The minimum absolute atomic E-state index is 0.279. The Labute approximate surface area is 145 Å². The van der Waals surface area contributed by atoms with E-state index in [1.54, 1.807) is 13.3 Å². The van der Waals surface area contributed by atoms with Gasteiger partial charge in [-0.2, -0.15) is 11.0 Å². The van der Waals surface area contributed by atoms with Crippen LogP contribution in [0, 0.1) is 11.6 Å². The Bertz CT molecular complexity index is 624. The van der Waals surface area contributed by atoms with Gasteiger partial charge in [0.1, 0.15) is 12.0 Å². The van der Waals surface area contributed by atoms with E-state index in [2.05, 4.69) is 16.0 Å². The highest BCUT2D eigenvalue weighted by molar-refractivity contribution is 5.57. The first kappa shape index (κ1) is 19.4. The molecule has 1 heterocycles. The molecule has 1 aromatic carbocycles. The molecule has 0 saturated carbocycles. The smallest absolute Gasteiger partial charge is 0.159 e. The zero-order valence-electron chi connectivity index (χ0n) is 14.3. The predicted octanol–water partition coefficient (Wildman–Crippen LogP) is 3.20. The van der Waals surface area contributed by atoms with Gasteiger partial charge in [0.05, 0.1) is 18.9 Å². The monoisotopic (exact) mass is 356 g/mol. The lowest BCUT2D eigenvalue weighted by atomic mass is 10.1. The van der Waals surface area contributed by atoms with Crippen LogP contribution >= 0.6 is 0 Å². The lowest BCUT2D eigenvalue weighted by Gasteiger charge is -2.19. The van der Waals surface area contributed by atoms with Crippen LogP contribution in [-0.2, 0) is 11.5 Å². The van der Waals surface area contributed by atoms with Gasteiger partial charge in [0.15, 0.2) is 11.6 Å². The van der Waals surface area contributed by atoms with E-state index in [1.165, 1.54) is 12.1 Å². The van der Waals surface area contributed by atoms with Gasteiger partial charge in [0.25, 0.3) is 0 Å². The van der Waals surface area contributed by atoms with Crippen LogP contribution in [0.15, 0.2) is 35.1 Å². The predicted molar refractivity (Wildman–Crippen MR) is 90.0 cm³/mol. The molecule has 5 nitrogen and oxygen atoms in total. The first-order chi connectivity index (χ1) is 12.0. The maximum Gasteiger partial charge on any atom is 0.159 e. The molecule has 2 N–H and O–H groups in total. The molecule has 0 fully saturated rings. The summed E-state index contributed by atoms with van der Waals surface area (Å²) in [6.45, 7) is 4.48. The van der Waals surface area contributed by atoms with Crippen molar-refractivity contribution in [3.63, 3.8) is 0 Å². The van der Waals surface area contributed by atoms with E-state index >= 15 is 0 Å². The Morgan fingerprint density at radius 3 is 2.92 bits per heavy atom. The van der Waals surface area contributed by atoms with Crippen molar-refractivity contribution in [3.8, 4) is 0 Å². The highest BCUT2D eigenvalue weighted by Gasteiger charge is 2.19. The minimum Gasteiger partial charge on any atom is -0.355 e. The van der Waals surface area contributed by atoms with Gasteiger partial charge in [0, 0.05) is 6.54 Å². The Morgan fingerprint density at radius 2 is 2.24 bits per heavy atom. The van der Waals surface area contributed by atoms with Crippen LogP contribution in [0.4, 0.5) is 13.2 Å². The number of aliphatic imine (C=N–C) groups is 1. The van der Waals surface area contributed by atoms with Crippen molar-refractivity contribution in [3.05, 3.63) is 47.3 Å². The van der Waals surface area contributed by atoms with Crippen LogP contribution in [0.5, 0.6) is 0 Å². The average Bonchev–Trinajstić information content (AvgIpc) is 3.04. The van der Waals surface area contributed by atoms with E-state index in [9.17, 15) is 13.2 Å². The molecule has 1 aromatic rings. The summed E-state index contributed by atoms with van der Waals surface area (Å²) in [6.07, 6.45) is 4.08. The van der Waals surface area contributed by atoms with E-state index in [-0.39, 0.29) is 12.0 Å². The lowest BCUT2D eigenvalue weighted by Crippen LogP contribution is -2.41. The largest absolute Gasteiger partial charge is 0.355 e. The van der Waals surface area contributed by atoms with E-state index in [0.29, 0.717) is 25.1 Å². The van der Waals surface area contributed by atoms with Crippen LogP contribution in [0.3, 0.4) is 0 Å². The molecular formula is C17H23F3N4O. The fourth-order valence-electron chi connectivity index (χ4n) is 2.45. The van der Waals surface area contributed by atoms with Crippen LogP contribution in [-0.4, -0.2) is 30.0 Å². The molecule has 2 rings (SSSR count). The molecule has 1 aliphatic heterocycles. The van der Waals surface area contributed by atoms with Crippen molar-refractivity contribution in [1.82, 2.24) is 15.9 Å². The lowest BCUT2D eigenvalue weighted by molar-refractivity contribution is -0.0710. The quantitative estimate of drug-likeness (QED) is 0.667. The Kier molecular flexibility index (Phi) is 7.42. The number of nitrogens with zero attached hydrogens (tertiary/aromatic N) is 2. The summed E-state index contributed by atoms with van der Waals surface area (Å²) >= 11 is 0. The molecule has 138 valence electrons. The molecule has 0 spiro atoms. The van der Waals surface area contributed by atoms with Gasteiger partial charge in [-0.25, -0.2) is 18.1 Å². The summed E-state index contributed by atoms with van der Waals surface area (Å²) in [6, 6.07) is 3.29. The average molecular weight is 356 g/mol.